The van der Waals surface area contributed by atoms with Crippen LogP contribution in [0.15, 0.2) is 64.3 Å². The molecule has 0 aliphatic heterocycles. The van der Waals surface area contributed by atoms with Crippen molar-refractivity contribution in [1.82, 2.24) is 25.2 Å². The van der Waals surface area contributed by atoms with E-state index >= 15 is 0 Å². The number of nitrogens with zero attached hydrogens (tertiary/aromatic N) is 3. The van der Waals surface area contributed by atoms with E-state index in [4.69, 9.17) is 16.6 Å². The normalized spacial score (nSPS) is 11.7. The van der Waals surface area contributed by atoms with Crippen LogP contribution in [-0.2, 0) is 13.1 Å². The maximum absolute atomic E-state index is 14.4. The monoisotopic (exact) mass is 628 g/mol. The molecule has 0 unspecified atom stereocenters. The first-order chi connectivity index (χ1) is 21.8. The molecule has 3 aromatic carbocycles. The minimum absolute atomic E-state index is 0.0727. The first kappa shape index (κ1) is 31.0. The number of fused-ring (bicyclic) bond motifs is 1. The number of benzene rings is 2. The zero-order valence-corrected chi connectivity index (χ0v) is 24.0. The molecule has 5 rings (SSSR count). The van der Waals surface area contributed by atoms with Crippen LogP contribution in [0.25, 0.3) is 5.65 Å². The number of aromatic nitrogens is 3. The molecular weight excluding hydrogens is 603 g/mol. The van der Waals surface area contributed by atoms with Crippen molar-refractivity contribution < 1.29 is 28.7 Å². The average Bonchev–Trinajstić information content (AvgIpc) is 3.48. The molecule has 1 atom stereocenters. The van der Waals surface area contributed by atoms with Gasteiger partial charge in [-0.2, -0.15) is 5.10 Å². The Kier molecular flexibility index (Phi) is 8.27. The molecule has 0 spiro atoms. The number of carboxylic acid groups (broad SMARTS) is 1. The maximum Gasteiger partial charge on any atom is 0.335 e. The molecule has 5 aromatic rings. The zero-order valence-electron chi connectivity index (χ0n) is 24.0. The Hall–Kier alpha value is -6.45. The van der Waals surface area contributed by atoms with Gasteiger partial charge in [0, 0.05) is 24.7 Å². The predicted molar refractivity (Wildman–Crippen MR) is 161 cm³/mol. The lowest BCUT2D eigenvalue weighted by atomic mass is 10.1. The van der Waals surface area contributed by atoms with Crippen LogP contribution in [0, 0.1) is 5.82 Å². The van der Waals surface area contributed by atoms with Crippen molar-refractivity contribution in [3.63, 3.8) is 0 Å². The third-order valence-electron chi connectivity index (χ3n) is 7.17. The third kappa shape index (κ3) is 5.99. The summed E-state index contributed by atoms with van der Waals surface area (Å²) in [4.78, 5) is 76.9. The number of anilines is 2. The number of nitrogen functional groups attached to an aromatic ring is 1. The number of hydrogen-bond acceptors (Lipinski definition) is 10. The summed E-state index contributed by atoms with van der Waals surface area (Å²) in [5.41, 5.74) is 9.61. The van der Waals surface area contributed by atoms with Gasteiger partial charge in [-0.15, -0.1) is 0 Å². The number of carbonyl (C=O) groups is 4. The van der Waals surface area contributed by atoms with E-state index in [1.807, 2.05) is 0 Å². The van der Waals surface area contributed by atoms with Crippen LogP contribution in [0.5, 0.6) is 0 Å². The highest BCUT2D eigenvalue weighted by Gasteiger charge is 2.23. The van der Waals surface area contributed by atoms with E-state index in [-0.39, 0.29) is 58.2 Å². The smallest absolute Gasteiger partial charge is 0.335 e. The molecule has 15 nitrogen and oxygen atoms in total. The molecule has 8 N–H and O–H groups in total. The molecule has 46 heavy (non-hydrogen) atoms. The van der Waals surface area contributed by atoms with Gasteiger partial charge in [0.2, 0.25) is 0 Å². The molecular formula is C30H25FN8O7. The highest BCUT2D eigenvalue weighted by atomic mass is 19.1. The summed E-state index contributed by atoms with van der Waals surface area (Å²) in [5.74, 6) is -4.03. The standard InChI is InChI=1S/C30H25FN8O7/c1-13(15-3-5-16(6-4-15)30(45)46)37-29(44)21-9-20(38-27-18(26(33)42)12-36-39(21)27)28(43)35-10-14-2-7-19(31)17(8-14)11-34-23-22(32)24(40)25(23)41/h2-9,12-13,34H,10-11,32H2,1H3,(H2,33,42)(H,35,43)(H,37,44)(H,45,46)/t13-/m0/s1. The first-order valence-corrected chi connectivity index (χ1v) is 13.6. The molecule has 0 saturated heterocycles. The van der Waals surface area contributed by atoms with Crippen LogP contribution in [0.1, 0.15) is 71.3 Å². The van der Waals surface area contributed by atoms with Gasteiger partial charge in [-0.05, 0) is 42.3 Å². The van der Waals surface area contributed by atoms with Crippen molar-refractivity contribution in [2.45, 2.75) is 26.1 Å². The minimum Gasteiger partial charge on any atom is -0.478 e. The van der Waals surface area contributed by atoms with Gasteiger partial charge in [-0.25, -0.2) is 18.7 Å². The molecule has 0 aliphatic carbocycles. The summed E-state index contributed by atoms with van der Waals surface area (Å²) in [6, 6.07) is 10.5. The van der Waals surface area contributed by atoms with Gasteiger partial charge in [0.05, 0.1) is 17.8 Å². The second-order valence-electron chi connectivity index (χ2n) is 10.2. The van der Waals surface area contributed by atoms with Crippen LogP contribution in [0.3, 0.4) is 0 Å². The third-order valence-corrected chi connectivity index (χ3v) is 7.17. The van der Waals surface area contributed by atoms with Crippen LogP contribution in [0.4, 0.5) is 15.8 Å². The van der Waals surface area contributed by atoms with E-state index in [9.17, 15) is 33.2 Å². The largest absolute Gasteiger partial charge is 0.478 e. The Labute approximate surface area is 257 Å². The van der Waals surface area contributed by atoms with E-state index < -0.39 is 46.4 Å². The molecule has 0 saturated carbocycles. The fraction of sp³-hybridized carbons (Fsp3) is 0.133. The van der Waals surface area contributed by atoms with Gasteiger partial charge in [0.25, 0.3) is 28.6 Å². The Morgan fingerprint density at radius 3 is 2.37 bits per heavy atom. The SMILES string of the molecule is C[C@H](NC(=O)c1cc(C(=O)NCc2ccc(F)c(CNc3c(N)c(=O)c3=O)c2)nc2c(C(N)=O)cnn12)c1ccc(C(=O)O)cc1. The molecule has 0 bridgehead atoms. The minimum atomic E-state index is -1.10. The summed E-state index contributed by atoms with van der Waals surface area (Å²) in [5, 5.41) is 21.2. The molecule has 2 heterocycles. The van der Waals surface area contributed by atoms with E-state index in [2.05, 4.69) is 26.0 Å². The Morgan fingerprint density at radius 1 is 1.00 bits per heavy atom. The first-order valence-electron chi connectivity index (χ1n) is 13.6. The number of primary amides is 1. The van der Waals surface area contributed by atoms with Crippen molar-refractivity contribution in [2.24, 2.45) is 5.73 Å². The molecule has 3 amide bonds. The number of nitrogens with two attached hydrogens (primary N) is 2. The van der Waals surface area contributed by atoms with Crippen LogP contribution in [0.2, 0.25) is 0 Å². The van der Waals surface area contributed by atoms with Crippen molar-refractivity contribution in [3.05, 3.63) is 120 Å². The number of aromatic carboxylic acids is 1. The summed E-state index contributed by atoms with van der Waals surface area (Å²) >= 11 is 0. The fourth-order valence-electron chi connectivity index (χ4n) is 4.60. The Bertz CT molecular complexity index is 2120. The van der Waals surface area contributed by atoms with Crippen molar-refractivity contribution >= 4 is 40.7 Å². The van der Waals surface area contributed by atoms with Crippen molar-refractivity contribution in [1.29, 1.82) is 0 Å². The molecule has 0 aliphatic rings. The lowest BCUT2D eigenvalue weighted by Crippen LogP contribution is -2.37. The maximum atomic E-state index is 14.4. The lowest BCUT2D eigenvalue weighted by Gasteiger charge is -2.16. The molecule has 2 aromatic heterocycles. The second kappa shape index (κ2) is 12.3. The molecule has 234 valence electrons. The van der Waals surface area contributed by atoms with Crippen molar-refractivity contribution in [2.75, 3.05) is 11.1 Å². The van der Waals surface area contributed by atoms with Crippen LogP contribution < -0.4 is 38.3 Å². The summed E-state index contributed by atoms with van der Waals surface area (Å²) < 4.78 is 15.5. The van der Waals surface area contributed by atoms with E-state index in [1.165, 1.54) is 36.4 Å². The fourth-order valence-corrected chi connectivity index (χ4v) is 4.60. The number of halogens is 1. The highest BCUT2D eigenvalue weighted by Crippen LogP contribution is 2.18. The zero-order chi connectivity index (χ0) is 33.3. The van der Waals surface area contributed by atoms with Crippen LogP contribution >= 0.6 is 0 Å². The number of amides is 3. The van der Waals surface area contributed by atoms with Gasteiger partial charge in [0.15, 0.2) is 5.65 Å². The predicted octanol–water partition coefficient (Wildman–Crippen LogP) is 0.877. The van der Waals surface area contributed by atoms with Gasteiger partial charge >= 0.3 is 5.97 Å². The second-order valence-corrected chi connectivity index (χ2v) is 10.2. The summed E-state index contributed by atoms with van der Waals surface area (Å²) in [7, 11) is 0. The molecule has 0 radical (unpaired) electrons. The van der Waals surface area contributed by atoms with Gasteiger partial charge < -0.3 is 32.5 Å². The number of carbonyl (C=O) groups excluding carboxylic acids is 3. The summed E-state index contributed by atoms with van der Waals surface area (Å²) in [6.07, 6.45) is 1.11. The number of nitrogens with one attached hydrogen (secondary N) is 3. The van der Waals surface area contributed by atoms with E-state index in [1.54, 1.807) is 19.1 Å². The van der Waals surface area contributed by atoms with E-state index in [0.29, 0.717) is 11.1 Å². The van der Waals surface area contributed by atoms with Crippen LogP contribution in [-0.4, -0.2) is 43.4 Å². The van der Waals surface area contributed by atoms with Gasteiger partial charge in [-0.1, -0.05) is 18.2 Å². The summed E-state index contributed by atoms with van der Waals surface area (Å²) in [6.45, 7) is 1.41. The Balaban J connectivity index is 1.35. The van der Waals surface area contributed by atoms with Crippen molar-refractivity contribution in [3.8, 4) is 0 Å². The molecule has 0 fully saturated rings. The Morgan fingerprint density at radius 2 is 1.72 bits per heavy atom. The topological polar surface area (TPSA) is 241 Å². The highest BCUT2D eigenvalue weighted by molar-refractivity contribution is 6.02. The van der Waals surface area contributed by atoms with Gasteiger partial charge in [0.1, 0.15) is 34.1 Å². The number of carboxylic acids is 1. The number of hydrogen-bond donors (Lipinski definition) is 6. The quantitative estimate of drug-likeness (QED) is 0.112. The molecule has 16 heteroatoms. The van der Waals surface area contributed by atoms with E-state index in [0.717, 1.165) is 10.7 Å². The number of rotatable bonds is 11. The lowest BCUT2D eigenvalue weighted by molar-refractivity contribution is 0.0695. The average molecular weight is 629 g/mol. The van der Waals surface area contributed by atoms with Gasteiger partial charge in [-0.3, -0.25) is 24.0 Å².